The molecule has 0 aromatic rings. The number of esters is 4. The molecular weight excluding hydrogens is 649 g/mol. The number of thiol groups is 3. The molecule has 0 aromatic carbocycles. The van der Waals surface area contributed by atoms with Crippen molar-refractivity contribution in [3.05, 3.63) is 0 Å². The van der Waals surface area contributed by atoms with Gasteiger partial charge in [0.05, 0.1) is 25.7 Å². The zero-order valence-corrected chi connectivity index (χ0v) is 29.0. The molecule has 0 aliphatic carbocycles. The maximum atomic E-state index is 12.5. The Morgan fingerprint density at radius 3 is 1.33 bits per heavy atom. The van der Waals surface area contributed by atoms with Crippen molar-refractivity contribution in [1.29, 1.82) is 0 Å². The number of hydrogen-bond donors (Lipinski definition) is 3. The fourth-order valence-electron chi connectivity index (χ4n) is 3.23. The molecule has 244 valence electrons. The van der Waals surface area contributed by atoms with Crippen LogP contribution >= 0.6 is 49.6 Å². The summed E-state index contributed by atoms with van der Waals surface area (Å²) in [4.78, 5) is 60.9. The molecule has 17 heteroatoms. The fourth-order valence-corrected chi connectivity index (χ4v) is 6.36. The third-order valence-corrected chi connectivity index (χ3v) is 10.2. The Morgan fingerprint density at radius 2 is 0.976 bits per heavy atom. The van der Waals surface area contributed by atoms with Gasteiger partial charge < -0.3 is 32.2 Å². The lowest BCUT2D eigenvalue weighted by Crippen LogP contribution is -2.44. The molecule has 0 unspecified atom stereocenters. The normalized spacial score (nSPS) is 11.6. The van der Waals surface area contributed by atoms with E-state index >= 15 is 0 Å². The molecule has 0 spiro atoms. The van der Waals surface area contributed by atoms with Gasteiger partial charge in [-0.25, -0.2) is 0 Å². The first kappa shape index (κ1) is 41.0. The summed E-state index contributed by atoms with van der Waals surface area (Å²) in [6, 6.07) is 0.584. The van der Waals surface area contributed by atoms with E-state index in [-0.39, 0.29) is 80.2 Å². The summed E-state index contributed by atoms with van der Waals surface area (Å²) in [6.45, 7) is -1.41. The van der Waals surface area contributed by atoms with E-state index in [9.17, 15) is 24.0 Å². The highest BCUT2D eigenvalue weighted by Crippen LogP contribution is 2.23. The predicted octanol–water partition coefficient (Wildman–Crippen LogP) is 2.80. The van der Waals surface area contributed by atoms with E-state index in [0.717, 1.165) is 11.8 Å². The van der Waals surface area contributed by atoms with Crippen molar-refractivity contribution in [1.82, 2.24) is 0 Å². The molecule has 42 heavy (non-hydrogen) atoms. The van der Waals surface area contributed by atoms with Gasteiger partial charge in [0.25, 0.3) is 0 Å². The van der Waals surface area contributed by atoms with Crippen LogP contribution in [0.4, 0.5) is 0 Å². The minimum absolute atomic E-state index is 0.0249. The fraction of sp³-hybridized carbons (Fsp3) is 0.800. The molecule has 0 N–H and O–H groups in total. The summed E-state index contributed by atoms with van der Waals surface area (Å²) in [5, 5.41) is -0.0695. The third kappa shape index (κ3) is 18.7. The van der Waals surface area contributed by atoms with Crippen molar-refractivity contribution in [3.8, 4) is 0 Å². The minimum atomic E-state index is -2.68. The van der Waals surface area contributed by atoms with Crippen molar-refractivity contribution >= 4 is 87.4 Å². The summed E-state index contributed by atoms with van der Waals surface area (Å²) in [5.41, 5.74) is -1.35. The molecule has 0 radical (unpaired) electrons. The Balaban J connectivity index is 5.08. The second-order valence-corrected chi connectivity index (χ2v) is 14.6. The number of thioether (sulfide) groups is 1. The molecule has 0 saturated heterocycles. The van der Waals surface area contributed by atoms with Gasteiger partial charge in [-0.2, -0.15) is 37.9 Å². The van der Waals surface area contributed by atoms with Gasteiger partial charge in [-0.3, -0.25) is 24.0 Å². The summed E-state index contributed by atoms with van der Waals surface area (Å²) in [5.74, 6) is -1.39. The van der Waals surface area contributed by atoms with Crippen LogP contribution < -0.4 is 0 Å². The van der Waals surface area contributed by atoms with Gasteiger partial charge in [0.15, 0.2) is 5.12 Å². The molecule has 0 aliphatic rings. The van der Waals surface area contributed by atoms with Gasteiger partial charge in [0.1, 0.15) is 31.8 Å². The summed E-state index contributed by atoms with van der Waals surface area (Å²) < 4.78 is 37.4. The molecule has 0 saturated carbocycles. The molecule has 0 heterocycles. The van der Waals surface area contributed by atoms with E-state index in [1.54, 1.807) is 0 Å². The highest BCUT2D eigenvalue weighted by Gasteiger charge is 2.38. The summed E-state index contributed by atoms with van der Waals surface area (Å²) >= 11 is 13.0. The largest absolute Gasteiger partial charge is 0.500 e. The van der Waals surface area contributed by atoms with Crippen LogP contribution in [0.25, 0.3) is 0 Å². The van der Waals surface area contributed by atoms with E-state index in [1.807, 2.05) is 0 Å². The number of ether oxygens (including phenoxy) is 4. The lowest BCUT2D eigenvalue weighted by molar-refractivity contribution is -0.170. The van der Waals surface area contributed by atoms with E-state index in [4.69, 9.17) is 32.2 Å². The van der Waals surface area contributed by atoms with E-state index in [1.165, 1.54) is 21.3 Å². The van der Waals surface area contributed by atoms with E-state index < -0.39 is 38.1 Å². The lowest BCUT2D eigenvalue weighted by atomic mass is 9.92. The van der Waals surface area contributed by atoms with E-state index in [0.29, 0.717) is 25.3 Å². The van der Waals surface area contributed by atoms with Crippen LogP contribution in [0.2, 0.25) is 6.04 Å². The third-order valence-electron chi connectivity index (χ3n) is 5.72. The van der Waals surface area contributed by atoms with Crippen molar-refractivity contribution in [3.63, 3.8) is 0 Å². The van der Waals surface area contributed by atoms with Crippen LogP contribution in [0.5, 0.6) is 0 Å². The zero-order chi connectivity index (χ0) is 31.9. The molecule has 0 atom stereocenters. The second kappa shape index (κ2) is 24.4. The summed E-state index contributed by atoms with van der Waals surface area (Å²) in [6.07, 6.45) is 1.63. The molecule has 12 nitrogen and oxygen atoms in total. The lowest BCUT2D eigenvalue weighted by Gasteiger charge is -2.31. The number of hydrogen-bond acceptors (Lipinski definition) is 16. The summed E-state index contributed by atoms with van der Waals surface area (Å²) in [7, 11) is 1.92. The Kier molecular flexibility index (Phi) is 23.8. The number of rotatable bonds is 25. The number of carbonyl (C=O) groups is 5. The molecule has 0 rings (SSSR count). The van der Waals surface area contributed by atoms with Gasteiger partial charge in [0, 0.05) is 56.8 Å². The maximum absolute atomic E-state index is 12.5. The number of unbranched alkanes of at least 4 members (excludes halogenated alkanes) is 1. The van der Waals surface area contributed by atoms with Crippen LogP contribution in [0.1, 0.15) is 44.9 Å². The SMILES string of the molecule is CO[Si](CCCCC(=O)SCCC(=O)OCC(COC(=O)CCS)(COC(=O)CCS)COC(=O)CCS)(OC)OC. The van der Waals surface area contributed by atoms with Crippen LogP contribution in [0, 0.1) is 5.41 Å². The van der Waals surface area contributed by atoms with Crippen molar-refractivity contribution in [2.45, 2.75) is 51.0 Å². The maximum Gasteiger partial charge on any atom is 0.500 e. The van der Waals surface area contributed by atoms with Gasteiger partial charge >= 0.3 is 32.7 Å². The minimum Gasteiger partial charge on any atom is -0.465 e. The Morgan fingerprint density at radius 1 is 0.595 bits per heavy atom. The molecule has 0 bridgehead atoms. The zero-order valence-electron chi connectivity index (χ0n) is 24.5. The van der Waals surface area contributed by atoms with E-state index in [2.05, 4.69) is 37.9 Å². The topological polar surface area (TPSA) is 150 Å². The first-order valence-corrected chi connectivity index (χ1v) is 18.1. The molecule has 0 aliphatic heterocycles. The first-order chi connectivity index (χ1) is 20.0. The van der Waals surface area contributed by atoms with Crippen LogP contribution in [-0.4, -0.2) is 109 Å². The predicted molar refractivity (Wildman–Crippen MR) is 169 cm³/mol. The van der Waals surface area contributed by atoms with Gasteiger partial charge in [0.2, 0.25) is 0 Å². The highest BCUT2D eigenvalue weighted by molar-refractivity contribution is 8.13. The quantitative estimate of drug-likeness (QED) is 0.0424. The van der Waals surface area contributed by atoms with Crippen LogP contribution in [0.3, 0.4) is 0 Å². The average Bonchev–Trinajstić information content (AvgIpc) is 2.97. The van der Waals surface area contributed by atoms with Crippen LogP contribution in [-0.2, 0) is 56.2 Å². The Hall–Kier alpha value is -0.953. The monoisotopic (exact) mass is 692 g/mol. The Bertz CT molecular complexity index is 766. The van der Waals surface area contributed by atoms with Gasteiger partial charge in [-0.05, 0) is 12.8 Å². The molecule has 0 aromatic heterocycles. The van der Waals surface area contributed by atoms with Crippen molar-refractivity contribution in [2.24, 2.45) is 5.41 Å². The molecular formula is C25H44O12S4Si. The smallest absolute Gasteiger partial charge is 0.465 e. The molecule has 0 amide bonds. The first-order valence-electron chi connectivity index (χ1n) is 13.3. The van der Waals surface area contributed by atoms with Crippen molar-refractivity contribution in [2.75, 3.05) is 70.8 Å². The average molecular weight is 693 g/mol. The van der Waals surface area contributed by atoms with Gasteiger partial charge in [-0.1, -0.05) is 11.8 Å². The van der Waals surface area contributed by atoms with Crippen LogP contribution in [0.15, 0.2) is 0 Å². The highest BCUT2D eigenvalue weighted by atomic mass is 32.2. The Labute approximate surface area is 269 Å². The van der Waals surface area contributed by atoms with Gasteiger partial charge in [-0.15, -0.1) is 0 Å². The second-order valence-electron chi connectivity index (χ2n) is 9.04. The molecule has 0 fully saturated rings. The standard InChI is InChI=1S/C25H44O12S4Si/c1-31-42(32-2,33-3)15-5-4-6-24(30)41-14-10-23(29)37-19-25(16-34-20(26)7-11-38,17-35-21(27)8-12-39)18-36-22(28)9-13-40/h38-40H,4-19H2,1-3H3. The van der Waals surface area contributed by atoms with Crippen molar-refractivity contribution < 1.29 is 56.2 Å². The number of carbonyl (C=O) groups excluding carboxylic acids is 5.